The van der Waals surface area contributed by atoms with Crippen LogP contribution >= 0.6 is 0 Å². The van der Waals surface area contributed by atoms with Crippen molar-refractivity contribution in [1.29, 1.82) is 0 Å². The smallest absolute Gasteiger partial charge is 0.380 e. The Bertz CT molecular complexity index is 1560. The Hall–Kier alpha value is -1.57. The second-order valence-corrected chi connectivity index (χ2v) is 20.4. The highest BCUT2D eigenvalue weighted by molar-refractivity contribution is 7.87. The maximum absolute atomic E-state index is 12.8. The predicted molar refractivity (Wildman–Crippen MR) is 186 cm³/mol. The quantitative estimate of drug-likeness (QED) is 0.163. The molecule has 4 nitrogen and oxygen atoms in total. The van der Waals surface area contributed by atoms with Gasteiger partial charge in [0, 0.05) is 17.3 Å². The monoisotopic (exact) mass is 704 g/mol. The standard InChI is InChI=1S/C21H29F3O3S.C20H30O/c1-13-8-10-19(2)14(12-13)4-5-15-16-6-7-18(20(16,3)11-9-17(15)19)27-28(25,26)21(22,23)24;1-13-8-10-19(2)14(12-13)4-5-15-16-6-7-18(21)20(16,3)11-9-17(15)19/h4,7,13,15-17H,5-6,8-12H2,1-3H3;4,13,15-17H,5-12H2,1-3H3/t2*13-,15?,16?,17?,19-,20-/m00/s1. The van der Waals surface area contributed by atoms with Crippen molar-refractivity contribution < 1.29 is 30.6 Å². The first kappa shape index (κ1) is 35.8. The van der Waals surface area contributed by atoms with Crippen LogP contribution in [0.1, 0.15) is 138 Å². The van der Waals surface area contributed by atoms with Gasteiger partial charge in [-0.05, 0) is 154 Å². The van der Waals surface area contributed by atoms with Crippen LogP contribution in [-0.2, 0) is 19.1 Å². The van der Waals surface area contributed by atoms with Gasteiger partial charge in [0.25, 0.3) is 0 Å². The van der Waals surface area contributed by atoms with Crippen LogP contribution in [0, 0.1) is 69.0 Å². The van der Waals surface area contributed by atoms with Crippen LogP contribution in [0.4, 0.5) is 13.2 Å². The Morgan fingerprint density at radius 2 is 1.12 bits per heavy atom. The summed E-state index contributed by atoms with van der Waals surface area (Å²) < 4.78 is 66.3. The molecule has 8 rings (SSSR count). The number of alkyl halides is 3. The molecule has 0 bridgehead atoms. The van der Waals surface area contributed by atoms with E-state index in [1.54, 1.807) is 17.2 Å². The maximum atomic E-state index is 12.8. The fraction of sp³-hybridized carbons (Fsp3) is 0.829. The third kappa shape index (κ3) is 5.56. The van der Waals surface area contributed by atoms with Gasteiger partial charge in [-0.3, -0.25) is 4.79 Å². The number of Topliss-reactive ketones (excluding diaryl/α,β-unsaturated/α-hetero) is 1. The maximum Gasteiger partial charge on any atom is 0.534 e. The van der Waals surface area contributed by atoms with Crippen LogP contribution in [-0.4, -0.2) is 19.7 Å². The first-order valence-electron chi connectivity index (χ1n) is 19.5. The highest BCUT2D eigenvalue weighted by Crippen LogP contribution is 2.66. The summed E-state index contributed by atoms with van der Waals surface area (Å²) in [5.74, 6) is 5.52. The van der Waals surface area contributed by atoms with E-state index in [4.69, 9.17) is 0 Å². The Labute approximate surface area is 293 Å². The van der Waals surface area contributed by atoms with Crippen molar-refractivity contribution in [2.45, 2.75) is 143 Å². The zero-order valence-electron chi connectivity index (χ0n) is 30.6. The van der Waals surface area contributed by atoms with Gasteiger partial charge in [-0.2, -0.15) is 21.6 Å². The molecule has 6 unspecified atom stereocenters. The van der Waals surface area contributed by atoms with E-state index in [2.05, 4.69) is 51.0 Å². The van der Waals surface area contributed by atoms with Crippen molar-refractivity contribution in [1.82, 2.24) is 0 Å². The minimum absolute atomic E-state index is 0.00507. The van der Waals surface area contributed by atoms with Gasteiger partial charge in [-0.25, -0.2) is 0 Å². The largest absolute Gasteiger partial charge is 0.534 e. The highest BCUT2D eigenvalue weighted by atomic mass is 32.2. The molecular weight excluding hydrogens is 646 g/mol. The molecule has 8 heteroatoms. The number of rotatable bonds is 2. The second-order valence-electron chi connectivity index (χ2n) is 18.9. The Balaban J connectivity index is 0.000000160. The molecule has 8 aliphatic carbocycles. The zero-order valence-corrected chi connectivity index (χ0v) is 31.4. The number of hydrogen-bond donors (Lipinski definition) is 0. The Morgan fingerprint density at radius 3 is 1.65 bits per heavy atom. The fourth-order valence-electron chi connectivity index (χ4n) is 13.3. The third-order valence-corrected chi connectivity index (χ3v) is 17.4. The van der Waals surface area contributed by atoms with Gasteiger partial charge in [0.15, 0.2) is 0 Å². The summed E-state index contributed by atoms with van der Waals surface area (Å²) in [6.45, 7) is 13.8. The molecule has 0 aliphatic heterocycles. The average Bonchev–Trinajstić information content (AvgIpc) is 3.52. The number of carbonyl (C=O) groups excluding carboxylic acids is 1. The highest BCUT2D eigenvalue weighted by Gasteiger charge is 2.60. The van der Waals surface area contributed by atoms with Gasteiger partial charge in [0.1, 0.15) is 11.5 Å². The first-order chi connectivity index (χ1) is 22.8. The normalized spacial score (nSPS) is 47.4. The van der Waals surface area contributed by atoms with E-state index in [-0.39, 0.29) is 22.5 Å². The zero-order chi connectivity index (χ0) is 35.4. The van der Waals surface area contributed by atoms with Crippen molar-refractivity contribution in [2.75, 3.05) is 0 Å². The van der Waals surface area contributed by atoms with Gasteiger partial charge in [-0.1, -0.05) is 64.8 Å². The first-order valence-corrected chi connectivity index (χ1v) is 20.9. The molecular formula is C41H59F3O4S. The second kappa shape index (κ2) is 12.0. The molecule has 0 spiro atoms. The van der Waals surface area contributed by atoms with Crippen LogP contribution in [0.5, 0.6) is 0 Å². The molecule has 0 aromatic rings. The molecule has 274 valence electrons. The van der Waals surface area contributed by atoms with Crippen LogP contribution in [0.3, 0.4) is 0 Å². The van der Waals surface area contributed by atoms with Crippen molar-refractivity contribution in [3.05, 3.63) is 35.1 Å². The molecule has 49 heavy (non-hydrogen) atoms. The van der Waals surface area contributed by atoms with Gasteiger partial charge < -0.3 is 4.18 Å². The van der Waals surface area contributed by atoms with Gasteiger partial charge in [0.2, 0.25) is 0 Å². The van der Waals surface area contributed by atoms with Crippen molar-refractivity contribution in [2.24, 2.45) is 69.0 Å². The lowest BCUT2D eigenvalue weighted by molar-refractivity contribution is -0.131. The van der Waals surface area contributed by atoms with E-state index in [9.17, 15) is 26.4 Å². The molecule has 0 N–H and O–H groups in total. The minimum Gasteiger partial charge on any atom is -0.380 e. The molecule has 0 saturated heterocycles. The lowest BCUT2D eigenvalue weighted by Gasteiger charge is -2.57. The van der Waals surface area contributed by atoms with Gasteiger partial charge >= 0.3 is 15.6 Å². The number of allylic oxidation sites excluding steroid dienone is 6. The number of hydrogen-bond acceptors (Lipinski definition) is 4. The van der Waals surface area contributed by atoms with Crippen molar-refractivity contribution in [3.8, 4) is 0 Å². The van der Waals surface area contributed by atoms with Crippen LogP contribution in [0.2, 0.25) is 0 Å². The lowest BCUT2D eigenvalue weighted by Crippen LogP contribution is -2.50. The molecule has 0 aromatic carbocycles. The molecule has 0 heterocycles. The van der Waals surface area contributed by atoms with E-state index >= 15 is 0 Å². The Morgan fingerprint density at radius 1 is 0.653 bits per heavy atom. The summed E-state index contributed by atoms with van der Waals surface area (Å²) in [6, 6.07) is 0. The summed E-state index contributed by atoms with van der Waals surface area (Å²) in [5.41, 5.74) is -2.02. The molecule has 5 saturated carbocycles. The van der Waals surface area contributed by atoms with Crippen molar-refractivity contribution >= 4 is 15.9 Å². The number of fused-ring (bicyclic) bond motifs is 10. The van der Waals surface area contributed by atoms with E-state index in [1.165, 1.54) is 51.4 Å². The third-order valence-electron chi connectivity index (χ3n) is 16.4. The molecule has 12 atom stereocenters. The van der Waals surface area contributed by atoms with E-state index < -0.39 is 21.0 Å². The minimum atomic E-state index is -5.62. The van der Waals surface area contributed by atoms with Crippen LogP contribution in [0.15, 0.2) is 35.1 Å². The molecule has 8 aliphatic rings. The van der Waals surface area contributed by atoms with Gasteiger partial charge in [0.05, 0.1) is 0 Å². The number of carbonyl (C=O) groups is 1. The molecule has 0 amide bonds. The Kier molecular flexibility index (Phi) is 8.76. The van der Waals surface area contributed by atoms with E-state index in [0.29, 0.717) is 47.7 Å². The SMILES string of the molecule is C[C@H]1CC[C@@]2(C)C(=CCC3C2CC[C@]2(C)C(=O)CCC32)C1.C[C@H]1CC[C@@]2(C)C(=CCC3C2CC[C@]2(C)C(OS(=O)(=O)C(F)(F)F)=CCC32)C1. The summed E-state index contributed by atoms with van der Waals surface area (Å²) in [4.78, 5) is 12.4. The van der Waals surface area contributed by atoms with Crippen molar-refractivity contribution in [3.63, 3.8) is 0 Å². The van der Waals surface area contributed by atoms with Crippen LogP contribution in [0.25, 0.3) is 0 Å². The van der Waals surface area contributed by atoms with E-state index in [0.717, 1.165) is 49.9 Å². The average molecular weight is 705 g/mol. The van der Waals surface area contributed by atoms with Crippen LogP contribution < -0.4 is 0 Å². The molecule has 0 radical (unpaired) electrons. The molecule has 0 aromatic heterocycles. The fourth-order valence-corrected chi connectivity index (χ4v) is 13.9. The predicted octanol–water partition coefficient (Wildman–Crippen LogP) is 11.1. The summed E-state index contributed by atoms with van der Waals surface area (Å²) >= 11 is 0. The lowest BCUT2D eigenvalue weighted by atomic mass is 9.47. The summed E-state index contributed by atoms with van der Waals surface area (Å²) in [6.07, 6.45) is 23.1. The van der Waals surface area contributed by atoms with Gasteiger partial charge in [-0.15, -0.1) is 0 Å². The van der Waals surface area contributed by atoms with E-state index in [1.807, 2.05) is 6.92 Å². The summed E-state index contributed by atoms with van der Waals surface area (Å²) in [5, 5.41) is 0. The molecule has 5 fully saturated rings. The number of halogens is 3. The number of ketones is 1. The topological polar surface area (TPSA) is 60.4 Å². The summed E-state index contributed by atoms with van der Waals surface area (Å²) in [7, 11) is -5.62.